The molecule has 4 rings (SSSR count). The number of rotatable bonds is 4. The molecular weight excluding hydrogens is 461 g/mol. The Hall–Kier alpha value is -2.39. The van der Waals surface area contributed by atoms with Crippen molar-refractivity contribution in [1.29, 1.82) is 0 Å². The van der Waals surface area contributed by atoms with Crippen LogP contribution in [-0.4, -0.2) is 39.2 Å². The maximum atomic E-state index is 12.9. The monoisotopic (exact) mass is 480 g/mol. The van der Waals surface area contributed by atoms with E-state index in [1.807, 2.05) is 23.1 Å². The molecule has 2 heterocycles. The summed E-state index contributed by atoms with van der Waals surface area (Å²) in [4.78, 5) is 10.5. The van der Waals surface area contributed by atoms with E-state index in [9.17, 15) is 18.3 Å². The van der Waals surface area contributed by atoms with Crippen molar-refractivity contribution in [1.82, 2.24) is 14.9 Å². The Morgan fingerprint density at radius 1 is 1.10 bits per heavy atom. The van der Waals surface area contributed by atoms with Gasteiger partial charge in [-0.2, -0.15) is 13.2 Å². The van der Waals surface area contributed by atoms with Crippen molar-refractivity contribution in [2.45, 2.75) is 25.6 Å². The molecule has 5 nitrogen and oxygen atoms in total. The average Bonchev–Trinajstić information content (AvgIpc) is 2.71. The Kier molecular flexibility index (Phi) is 5.84. The van der Waals surface area contributed by atoms with Crippen LogP contribution < -0.4 is 5.32 Å². The fourth-order valence-corrected chi connectivity index (χ4v) is 4.08. The minimum Gasteiger partial charge on any atom is -0.508 e. The van der Waals surface area contributed by atoms with Crippen LogP contribution in [0.15, 0.2) is 47.2 Å². The standard InChI is InChI=1S/C21H20BrF3N4O/c22-15-1-3-18-17(10-15)20(27-12-26-18)28-16-2-4-19(30)13(9-16)11-29-7-5-14(6-8-29)21(23,24)25/h1-4,9-10,12,14,30H,5-8,11H2,(H,26,27,28). The third-order valence-electron chi connectivity index (χ3n) is 5.38. The number of aromatic nitrogens is 2. The predicted molar refractivity (Wildman–Crippen MR) is 113 cm³/mol. The van der Waals surface area contributed by atoms with Crippen molar-refractivity contribution in [2.75, 3.05) is 18.4 Å². The molecule has 3 aromatic rings. The molecule has 0 bridgehead atoms. The first kappa shape index (κ1) is 20.9. The first-order valence-electron chi connectivity index (χ1n) is 9.58. The van der Waals surface area contributed by atoms with Crippen LogP contribution in [0.2, 0.25) is 0 Å². The Morgan fingerprint density at radius 3 is 2.60 bits per heavy atom. The van der Waals surface area contributed by atoms with Gasteiger partial charge in [-0.25, -0.2) is 9.97 Å². The Balaban J connectivity index is 1.50. The van der Waals surface area contributed by atoms with Crippen LogP contribution >= 0.6 is 15.9 Å². The number of alkyl halides is 3. The molecular formula is C21H20BrF3N4O. The van der Waals surface area contributed by atoms with Gasteiger partial charge < -0.3 is 10.4 Å². The molecule has 0 saturated carbocycles. The van der Waals surface area contributed by atoms with Crippen LogP contribution in [0.4, 0.5) is 24.7 Å². The highest BCUT2D eigenvalue weighted by Crippen LogP contribution is 2.35. The minimum absolute atomic E-state index is 0.0873. The molecule has 1 aliphatic heterocycles. The van der Waals surface area contributed by atoms with Gasteiger partial charge in [-0.1, -0.05) is 15.9 Å². The van der Waals surface area contributed by atoms with Gasteiger partial charge in [-0.15, -0.1) is 0 Å². The van der Waals surface area contributed by atoms with Gasteiger partial charge in [0.2, 0.25) is 0 Å². The lowest BCUT2D eigenvalue weighted by molar-refractivity contribution is -0.185. The van der Waals surface area contributed by atoms with E-state index in [1.54, 1.807) is 18.2 Å². The summed E-state index contributed by atoms with van der Waals surface area (Å²) < 4.78 is 39.5. The molecule has 0 radical (unpaired) electrons. The zero-order valence-electron chi connectivity index (χ0n) is 16.0. The van der Waals surface area contributed by atoms with Crippen molar-refractivity contribution in [3.05, 3.63) is 52.8 Å². The second kappa shape index (κ2) is 8.39. The molecule has 9 heteroatoms. The maximum absolute atomic E-state index is 12.9. The highest BCUT2D eigenvalue weighted by molar-refractivity contribution is 9.10. The van der Waals surface area contributed by atoms with E-state index in [4.69, 9.17) is 0 Å². The number of nitrogens with one attached hydrogen (secondary N) is 1. The van der Waals surface area contributed by atoms with E-state index < -0.39 is 12.1 Å². The Morgan fingerprint density at radius 2 is 1.87 bits per heavy atom. The Labute approximate surface area is 180 Å². The number of piperidine rings is 1. The zero-order chi connectivity index (χ0) is 21.3. The first-order chi connectivity index (χ1) is 14.3. The van der Waals surface area contributed by atoms with Gasteiger partial charge in [-0.3, -0.25) is 4.90 Å². The number of likely N-dealkylation sites (tertiary alicyclic amines) is 1. The van der Waals surface area contributed by atoms with Crippen molar-refractivity contribution in [2.24, 2.45) is 5.92 Å². The molecule has 0 aliphatic carbocycles. The van der Waals surface area contributed by atoms with Gasteiger partial charge in [-0.05, 0) is 62.3 Å². The molecule has 0 amide bonds. The van der Waals surface area contributed by atoms with Crippen molar-refractivity contribution in [3.63, 3.8) is 0 Å². The van der Waals surface area contributed by atoms with Crippen LogP contribution in [0.5, 0.6) is 5.75 Å². The van der Waals surface area contributed by atoms with Gasteiger partial charge >= 0.3 is 6.18 Å². The molecule has 0 unspecified atom stereocenters. The predicted octanol–water partition coefficient (Wildman–Crippen LogP) is 5.62. The quantitative estimate of drug-likeness (QED) is 0.474. The van der Waals surface area contributed by atoms with E-state index >= 15 is 0 Å². The molecule has 1 fully saturated rings. The summed E-state index contributed by atoms with van der Waals surface area (Å²) in [6.45, 7) is 1.10. The Bertz CT molecular complexity index is 1050. The number of benzene rings is 2. The first-order valence-corrected chi connectivity index (χ1v) is 10.4. The van der Waals surface area contributed by atoms with E-state index in [1.165, 1.54) is 6.33 Å². The van der Waals surface area contributed by atoms with Crippen LogP contribution in [0.3, 0.4) is 0 Å². The lowest BCUT2D eigenvalue weighted by Crippen LogP contribution is -2.38. The van der Waals surface area contributed by atoms with E-state index in [-0.39, 0.29) is 18.6 Å². The number of halogens is 4. The number of hydrogen-bond donors (Lipinski definition) is 2. The zero-order valence-corrected chi connectivity index (χ0v) is 17.5. The molecule has 1 saturated heterocycles. The van der Waals surface area contributed by atoms with Crippen LogP contribution in [0.25, 0.3) is 10.9 Å². The number of phenols is 1. The van der Waals surface area contributed by atoms with Gasteiger partial charge in [0, 0.05) is 27.7 Å². The fraction of sp³-hybridized carbons (Fsp3) is 0.333. The fourth-order valence-electron chi connectivity index (χ4n) is 3.71. The summed E-state index contributed by atoms with van der Waals surface area (Å²) in [5.41, 5.74) is 2.18. The number of nitrogens with zero attached hydrogens (tertiary/aromatic N) is 3. The molecule has 0 atom stereocenters. The van der Waals surface area contributed by atoms with Crippen LogP contribution in [0.1, 0.15) is 18.4 Å². The van der Waals surface area contributed by atoms with Crippen LogP contribution in [-0.2, 0) is 6.54 Å². The maximum Gasteiger partial charge on any atom is 0.391 e. The third-order valence-corrected chi connectivity index (χ3v) is 5.88. The summed E-state index contributed by atoms with van der Waals surface area (Å²) in [6, 6.07) is 10.8. The largest absolute Gasteiger partial charge is 0.508 e. The summed E-state index contributed by atoms with van der Waals surface area (Å²) in [7, 11) is 0. The normalized spacial score (nSPS) is 16.1. The van der Waals surface area contributed by atoms with E-state index in [2.05, 4.69) is 31.2 Å². The highest BCUT2D eigenvalue weighted by Gasteiger charge is 2.41. The molecule has 2 aromatic carbocycles. The van der Waals surface area contributed by atoms with Crippen molar-refractivity contribution in [3.8, 4) is 5.75 Å². The van der Waals surface area contributed by atoms with E-state index in [0.29, 0.717) is 31.0 Å². The van der Waals surface area contributed by atoms with Crippen molar-refractivity contribution < 1.29 is 18.3 Å². The summed E-state index contributed by atoms with van der Waals surface area (Å²) >= 11 is 3.45. The SMILES string of the molecule is Oc1ccc(Nc2ncnc3ccc(Br)cc23)cc1CN1CCC(C(F)(F)F)CC1. The number of anilines is 2. The second-order valence-electron chi connectivity index (χ2n) is 7.44. The smallest absolute Gasteiger partial charge is 0.391 e. The topological polar surface area (TPSA) is 61.3 Å². The second-order valence-corrected chi connectivity index (χ2v) is 8.36. The number of fused-ring (bicyclic) bond motifs is 1. The molecule has 1 aromatic heterocycles. The van der Waals surface area contributed by atoms with Crippen molar-refractivity contribution >= 4 is 38.3 Å². The van der Waals surface area contributed by atoms with Crippen LogP contribution in [0, 0.1) is 5.92 Å². The van der Waals surface area contributed by atoms with Gasteiger partial charge in [0.05, 0.1) is 11.4 Å². The van der Waals surface area contributed by atoms with Gasteiger partial charge in [0.1, 0.15) is 17.9 Å². The molecule has 0 spiro atoms. The lowest BCUT2D eigenvalue weighted by atomic mass is 9.96. The summed E-state index contributed by atoms with van der Waals surface area (Å²) in [6.07, 6.45) is -2.48. The average molecular weight is 481 g/mol. The molecule has 2 N–H and O–H groups in total. The van der Waals surface area contributed by atoms with Gasteiger partial charge in [0.25, 0.3) is 0 Å². The lowest BCUT2D eigenvalue weighted by Gasteiger charge is -2.33. The molecule has 158 valence electrons. The third kappa shape index (κ3) is 4.67. The minimum atomic E-state index is -4.13. The molecule has 30 heavy (non-hydrogen) atoms. The highest BCUT2D eigenvalue weighted by atomic mass is 79.9. The number of hydrogen-bond acceptors (Lipinski definition) is 5. The van der Waals surface area contributed by atoms with E-state index in [0.717, 1.165) is 21.1 Å². The molecule has 1 aliphatic rings. The summed E-state index contributed by atoms with van der Waals surface area (Å²) in [5.74, 6) is -0.488. The number of phenolic OH excluding ortho intramolecular Hbond substituents is 1. The van der Waals surface area contributed by atoms with Gasteiger partial charge in [0.15, 0.2) is 0 Å². The number of aromatic hydroxyl groups is 1. The summed E-state index contributed by atoms with van der Waals surface area (Å²) in [5, 5.41) is 14.4.